The maximum Gasteiger partial charge on any atom is 0.488 e. The molecular formula is C29H33BN2O8. The number of hydrogen-bond donors (Lipinski definition) is 4. The van der Waals surface area contributed by atoms with Crippen LogP contribution < -0.4 is 16.1 Å². The molecule has 0 saturated heterocycles. The number of anilines is 1. The Morgan fingerprint density at radius 3 is 2.38 bits per heavy atom. The Bertz CT molecular complexity index is 1290. The molecule has 0 radical (unpaired) electrons. The molecule has 0 saturated carbocycles. The number of esters is 1. The van der Waals surface area contributed by atoms with Crippen molar-refractivity contribution >= 4 is 36.4 Å². The van der Waals surface area contributed by atoms with Crippen molar-refractivity contribution < 1.29 is 38.6 Å². The van der Waals surface area contributed by atoms with Gasteiger partial charge in [-0.05, 0) is 53.7 Å². The maximum atomic E-state index is 12.5. The van der Waals surface area contributed by atoms with E-state index in [4.69, 9.17) is 14.2 Å². The van der Waals surface area contributed by atoms with Crippen LogP contribution in [0.5, 0.6) is 0 Å². The van der Waals surface area contributed by atoms with E-state index in [1.165, 1.54) is 0 Å². The zero-order valence-corrected chi connectivity index (χ0v) is 22.5. The van der Waals surface area contributed by atoms with Gasteiger partial charge in [0, 0.05) is 12.1 Å². The Labute approximate surface area is 233 Å². The minimum absolute atomic E-state index is 0.0687. The van der Waals surface area contributed by atoms with Crippen molar-refractivity contribution in [2.24, 2.45) is 0 Å². The molecule has 4 N–H and O–H groups in total. The van der Waals surface area contributed by atoms with Crippen molar-refractivity contribution in [3.05, 3.63) is 95.1 Å². The summed E-state index contributed by atoms with van der Waals surface area (Å²) in [6.07, 6.45) is -1.06. The number of benzene rings is 3. The normalized spacial score (nSPS) is 11.2. The van der Waals surface area contributed by atoms with Crippen LogP contribution in [0.15, 0.2) is 72.8 Å². The zero-order valence-electron chi connectivity index (χ0n) is 22.5. The first-order chi connectivity index (χ1) is 19.2. The Hall–Kier alpha value is -4.35. The topological polar surface area (TPSA) is 143 Å². The van der Waals surface area contributed by atoms with Crippen LogP contribution in [-0.2, 0) is 32.0 Å². The van der Waals surface area contributed by atoms with Crippen molar-refractivity contribution in [3.63, 3.8) is 0 Å². The summed E-state index contributed by atoms with van der Waals surface area (Å²) in [6.45, 7) is 3.91. The molecule has 0 heterocycles. The average Bonchev–Trinajstić information content (AvgIpc) is 2.93. The fourth-order valence-corrected chi connectivity index (χ4v) is 3.95. The SMILES string of the molecule is CCOC(=O)C[C@@H](NC(=O)OCc1ccccc1)c1cccc(NC(=O)OCCc2ccc(B(O)O)cc2C)c1. The fraction of sp³-hybridized carbons (Fsp3) is 0.276. The zero-order chi connectivity index (χ0) is 28.9. The Kier molecular flexibility index (Phi) is 11.5. The maximum absolute atomic E-state index is 12.5. The molecule has 11 heteroatoms. The van der Waals surface area contributed by atoms with E-state index in [0.29, 0.717) is 23.1 Å². The van der Waals surface area contributed by atoms with Gasteiger partial charge in [-0.1, -0.05) is 60.7 Å². The number of amides is 2. The Morgan fingerprint density at radius 1 is 0.900 bits per heavy atom. The Balaban J connectivity index is 1.59. The molecule has 2 amide bonds. The van der Waals surface area contributed by atoms with Gasteiger partial charge in [-0.3, -0.25) is 10.1 Å². The van der Waals surface area contributed by atoms with Crippen LogP contribution in [0.4, 0.5) is 15.3 Å². The number of ether oxygens (including phenoxy) is 3. The number of aryl methyl sites for hydroxylation is 1. The number of carbonyl (C=O) groups is 3. The highest BCUT2D eigenvalue weighted by Gasteiger charge is 2.21. The molecule has 0 aromatic heterocycles. The predicted octanol–water partition coefficient (Wildman–Crippen LogP) is 3.39. The molecule has 10 nitrogen and oxygen atoms in total. The average molecular weight is 548 g/mol. The highest BCUT2D eigenvalue weighted by atomic mass is 16.6. The summed E-state index contributed by atoms with van der Waals surface area (Å²) >= 11 is 0. The van der Waals surface area contributed by atoms with Gasteiger partial charge in [-0.15, -0.1) is 0 Å². The lowest BCUT2D eigenvalue weighted by atomic mass is 9.79. The van der Waals surface area contributed by atoms with E-state index in [9.17, 15) is 24.4 Å². The van der Waals surface area contributed by atoms with E-state index in [2.05, 4.69) is 10.6 Å². The second kappa shape index (κ2) is 15.3. The number of hydrogen-bond acceptors (Lipinski definition) is 8. The van der Waals surface area contributed by atoms with Gasteiger partial charge in [0.2, 0.25) is 0 Å². The summed E-state index contributed by atoms with van der Waals surface area (Å²) < 4.78 is 15.7. The third-order valence-corrected chi connectivity index (χ3v) is 5.99. The van der Waals surface area contributed by atoms with Gasteiger partial charge in [0.05, 0.1) is 25.7 Å². The van der Waals surface area contributed by atoms with E-state index in [1.807, 2.05) is 37.3 Å². The molecule has 40 heavy (non-hydrogen) atoms. The van der Waals surface area contributed by atoms with Gasteiger partial charge in [0.25, 0.3) is 0 Å². The highest BCUT2D eigenvalue weighted by molar-refractivity contribution is 6.58. The van der Waals surface area contributed by atoms with E-state index in [-0.39, 0.29) is 26.2 Å². The van der Waals surface area contributed by atoms with Crippen LogP contribution in [-0.4, -0.2) is 48.5 Å². The summed E-state index contributed by atoms with van der Waals surface area (Å²) in [4.78, 5) is 37.2. The Morgan fingerprint density at radius 2 is 1.68 bits per heavy atom. The first-order valence-electron chi connectivity index (χ1n) is 12.9. The second-order valence-electron chi connectivity index (χ2n) is 8.96. The van der Waals surface area contributed by atoms with Gasteiger partial charge in [-0.2, -0.15) is 0 Å². The summed E-state index contributed by atoms with van der Waals surface area (Å²) in [5, 5.41) is 23.9. The number of alkyl carbamates (subject to hydrolysis) is 1. The lowest BCUT2D eigenvalue weighted by molar-refractivity contribution is -0.143. The van der Waals surface area contributed by atoms with E-state index in [0.717, 1.165) is 16.7 Å². The van der Waals surface area contributed by atoms with Crippen LogP contribution >= 0.6 is 0 Å². The molecule has 0 bridgehead atoms. The number of rotatable bonds is 12. The summed E-state index contributed by atoms with van der Waals surface area (Å²) in [5.74, 6) is -0.495. The highest BCUT2D eigenvalue weighted by Crippen LogP contribution is 2.22. The monoisotopic (exact) mass is 548 g/mol. The first kappa shape index (κ1) is 30.2. The van der Waals surface area contributed by atoms with Crippen molar-refractivity contribution in [2.75, 3.05) is 18.5 Å². The van der Waals surface area contributed by atoms with E-state index >= 15 is 0 Å². The van der Waals surface area contributed by atoms with Crippen LogP contribution in [0.2, 0.25) is 0 Å². The predicted molar refractivity (Wildman–Crippen MR) is 150 cm³/mol. The quantitative estimate of drug-likeness (QED) is 0.153. The summed E-state index contributed by atoms with van der Waals surface area (Å²) in [7, 11) is -1.54. The van der Waals surface area contributed by atoms with Crippen molar-refractivity contribution in [1.29, 1.82) is 0 Å². The molecule has 3 aromatic carbocycles. The minimum Gasteiger partial charge on any atom is -0.466 e. The molecule has 3 rings (SSSR count). The molecule has 1 atom stereocenters. The first-order valence-corrected chi connectivity index (χ1v) is 12.9. The second-order valence-corrected chi connectivity index (χ2v) is 8.96. The van der Waals surface area contributed by atoms with Crippen molar-refractivity contribution in [2.45, 2.75) is 39.3 Å². The third-order valence-electron chi connectivity index (χ3n) is 5.99. The molecular weight excluding hydrogens is 515 g/mol. The fourth-order valence-electron chi connectivity index (χ4n) is 3.95. The molecule has 210 valence electrons. The van der Waals surface area contributed by atoms with Crippen molar-refractivity contribution in [3.8, 4) is 0 Å². The molecule has 0 unspecified atom stereocenters. The summed E-state index contributed by atoms with van der Waals surface area (Å²) in [6, 6.07) is 20.2. The van der Waals surface area contributed by atoms with Crippen LogP contribution in [0.25, 0.3) is 0 Å². The van der Waals surface area contributed by atoms with Crippen LogP contribution in [0, 0.1) is 6.92 Å². The van der Waals surface area contributed by atoms with Gasteiger partial charge in [0.1, 0.15) is 6.61 Å². The largest absolute Gasteiger partial charge is 0.488 e. The smallest absolute Gasteiger partial charge is 0.466 e. The lowest BCUT2D eigenvalue weighted by Crippen LogP contribution is -2.31. The number of nitrogens with one attached hydrogen (secondary N) is 2. The van der Waals surface area contributed by atoms with Gasteiger partial charge >= 0.3 is 25.3 Å². The standard InChI is InChI=1S/C29H33BN2O8/c1-3-38-27(33)18-26(32-29(35)40-19-21-8-5-4-6-9-21)23-10-7-11-25(17-23)31-28(34)39-15-14-22-12-13-24(30(36)37)16-20(22)2/h4-13,16-17,26,36-37H,3,14-15,18-19H2,1-2H3,(H,31,34)(H,32,35)/t26-/m1/s1. The molecule has 3 aromatic rings. The van der Waals surface area contributed by atoms with Gasteiger partial charge < -0.3 is 29.6 Å². The van der Waals surface area contributed by atoms with Gasteiger partial charge in [-0.25, -0.2) is 9.59 Å². The molecule has 0 spiro atoms. The third kappa shape index (κ3) is 9.75. The van der Waals surface area contributed by atoms with Gasteiger partial charge in [0.15, 0.2) is 0 Å². The molecule has 0 fully saturated rings. The molecule has 0 aliphatic heterocycles. The lowest BCUT2D eigenvalue weighted by Gasteiger charge is -2.19. The minimum atomic E-state index is -1.54. The van der Waals surface area contributed by atoms with Crippen LogP contribution in [0.1, 0.15) is 41.6 Å². The summed E-state index contributed by atoms with van der Waals surface area (Å²) in [5.41, 5.74) is 3.94. The number of carbonyl (C=O) groups excluding carboxylic acids is 3. The van der Waals surface area contributed by atoms with E-state index in [1.54, 1.807) is 49.4 Å². The van der Waals surface area contributed by atoms with Crippen molar-refractivity contribution in [1.82, 2.24) is 5.32 Å². The van der Waals surface area contributed by atoms with E-state index < -0.39 is 31.3 Å². The molecule has 0 aliphatic carbocycles. The molecule has 0 aliphatic rings. The van der Waals surface area contributed by atoms with Crippen LogP contribution in [0.3, 0.4) is 0 Å².